The number of benzene rings is 1. The Bertz CT molecular complexity index is 1410. The second-order valence-electron chi connectivity index (χ2n) is 6.75. The van der Waals surface area contributed by atoms with Crippen LogP contribution in [0, 0.1) is 17.1 Å². The second kappa shape index (κ2) is 8.58. The number of amides is 1. The predicted molar refractivity (Wildman–Crippen MR) is 109 cm³/mol. The van der Waals surface area contributed by atoms with E-state index >= 15 is 0 Å². The minimum absolute atomic E-state index is 0.0552. The van der Waals surface area contributed by atoms with Crippen molar-refractivity contribution >= 4 is 11.6 Å². The SMILES string of the molecule is C=C(NC(=O)c1cc(C(F)(F)F)n(-c2ccc(F)cc2)n1)c1ncnn1-c1ccc(C#N)cn1. The van der Waals surface area contributed by atoms with E-state index in [9.17, 15) is 22.4 Å². The second-order valence-corrected chi connectivity index (χ2v) is 6.75. The Hall–Kier alpha value is -4.86. The fourth-order valence-electron chi connectivity index (χ4n) is 2.92. The molecule has 0 aliphatic rings. The molecule has 1 N–H and O–H groups in total. The highest BCUT2D eigenvalue weighted by Gasteiger charge is 2.37. The number of rotatable bonds is 5. The molecular weight excluding hydrogens is 456 g/mol. The largest absolute Gasteiger partial charge is 0.433 e. The molecule has 0 radical (unpaired) electrons. The molecule has 4 rings (SSSR count). The predicted octanol–water partition coefficient (Wildman–Crippen LogP) is 3.28. The van der Waals surface area contributed by atoms with Crippen LogP contribution >= 0.6 is 0 Å². The van der Waals surface area contributed by atoms with E-state index < -0.39 is 29.3 Å². The number of carbonyl (C=O) groups excluding carboxylic acids is 1. The summed E-state index contributed by atoms with van der Waals surface area (Å²) < 4.78 is 55.5. The van der Waals surface area contributed by atoms with Gasteiger partial charge in [-0.3, -0.25) is 4.79 Å². The van der Waals surface area contributed by atoms with Crippen LogP contribution in [0.1, 0.15) is 27.6 Å². The molecule has 0 saturated carbocycles. The van der Waals surface area contributed by atoms with E-state index in [1.807, 2.05) is 6.07 Å². The van der Waals surface area contributed by atoms with Crippen LogP contribution in [0.5, 0.6) is 0 Å². The number of nitrogens with one attached hydrogen (secondary N) is 1. The molecule has 0 bridgehead atoms. The van der Waals surface area contributed by atoms with E-state index in [1.54, 1.807) is 0 Å². The smallest absolute Gasteiger partial charge is 0.318 e. The zero-order valence-electron chi connectivity index (χ0n) is 17.0. The number of alkyl halides is 3. The Labute approximate surface area is 188 Å². The third-order valence-corrected chi connectivity index (χ3v) is 4.48. The molecule has 3 aromatic heterocycles. The highest BCUT2D eigenvalue weighted by atomic mass is 19.4. The summed E-state index contributed by atoms with van der Waals surface area (Å²) >= 11 is 0. The number of nitriles is 1. The number of carbonyl (C=O) groups is 1. The van der Waals surface area contributed by atoms with Gasteiger partial charge in [-0.05, 0) is 36.4 Å². The lowest BCUT2D eigenvalue weighted by molar-refractivity contribution is -0.142. The summed E-state index contributed by atoms with van der Waals surface area (Å²) in [7, 11) is 0. The van der Waals surface area contributed by atoms with Gasteiger partial charge in [0.2, 0.25) is 0 Å². The number of aromatic nitrogens is 6. The monoisotopic (exact) mass is 468 g/mol. The molecule has 34 heavy (non-hydrogen) atoms. The average molecular weight is 468 g/mol. The Morgan fingerprint density at radius 2 is 1.82 bits per heavy atom. The van der Waals surface area contributed by atoms with E-state index in [4.69, 9.17) is 5.26 Å². The van der Waals surface area contributed by atoms with Gasteiger partial charge in [-0.15, -0.1) is 0 Å². The average Bonchev–Trinajstić information content (AvgIpc) is 3.47. The van der Waals surface area contributed by atoms with Gasteiger partial charge in [0.25, 0.3) is 5.91 Å². The summed E-state index contributed by atoms with van der Waals surface area (Å²) in [6.45, 7) is 3.69. The van der Waals surface area contributed by atoms with Crippen molar-refractivity contribution in [3.05, 3.63) is 90.2 Å². The Morgan fingerprint density at radius 1 is 1.09 bits per heavy atom. The van der Waals surface area contributed by atoms with Crippen LogP contribution in [-0.4, -0.2) is 35.4 Å². The van der Waals surface area contributed by atoms with Gasteiger partial charge >= 0.3 is 6.18 Å². The van der Waals surface area contributed by atoms with Crippen LogP contribution < -0.4 is 5.32 Å². The summed E-state index contributed by atoms with van der Waals surface area (Å²) in [6.07, 6.45) is -2.36. The van der Waals surface area contributed by atoms with Gasteiger partial charge in [0.1, 0.15) is 23.9 Å². The van der Waals surface area contributed by atoms with Gasteiger partial charge in [-0.25, -0.2) is 19.0 Å². The van der Waals surface area contributed by atoms with E-state index in [0.717, 1.165) is 30.6 Å². The molecule has 0 saturated heterocycles. The first-order chi connectivity index (χ1) is 16.2. The van der Waals surface area contributed by atoms with Crippen molar-refractivity contribution < 1.29 is 22.4 Å². The fraction of sp³-hybridized carbons (Fsp3) is 0.0476. The highest BCUT2D eigenvalue weighted by molar-refractivity contribution is 5.97. The van der Waals surface area contributed by atoms with Gasteiger partial charge < -0.3 is 5.32 Å². The standard InChI is InChI=1S/C21H12F4N8O/c1-12(19-28-11-29-33(19)18-7-2-13(9-26)10-27-18)30-20(34)16-8-17(21(23,24)25)32(31-16)15-5-3-14(22)4-6-15/h2-8,10-11H,1H2,(H,30,34). The Kier molecular flexibility index (Phi) is 5.64. The third-order valence-electron chi connectivity index (χ3n) is 4.48. The topological polar surface area (TPSA) is 114 Å². The summed E-state index contributed by atoms with van der Waals surface area (Å²) in [4.78, 5) is 20.7. The number of halogens is 4. The van der Waals surface area contributed by atoms with E-state index in [2.05, 4.69) is 32.1 Å². The lowest BCUT2D eigenvalue weighted by Gasteiger charge is -2.09. The first-order valence-corrected chi connectivity index (χ1v) is 9.38. The molecule has 0 aliphatic carbocycles. The van der Waals surface area contributed by atoms with Gasteiger partial charge in [-0.2, -0.15) is 33.3 Å². The van der Waals surface area contributed by atoms with Crippen molar-refractivity contribution in [2.45, 2.75) is 6.18 Å². The zero-order chi connectivity index (χ0) is 24.5. The number of hydrogen-bond donors (Lipinski definition) is 1. The lowest BCUT2D eigenvalue weighted by Crippen LogP contribution is -2.24. The molecule has 3 heterocycles. The number of nitrogens with zero attached hydrogens (tertiary/aromatic N) is 7. The van der Waals surface area contributed by atoms with Gasteiger partial charge in [-0.1, -0.05) is 6.58 Å². The molecule has 9 nitrogen and oxygen atoms in total. The van der Waals surface area contributed by atoms with E-state index in [0.29, 0.717) is 16.3 Å². The summed E-state index contributed by atoms with van der Waals surface area (Å²) in [6, 6.07) is 9.63. The van der Waals surface area contributed by atoms with Crippen molar-refractivity contribution in [1.29, 1.82) is 5.26 Å². The molecule has 0 fully saturated rings. The molecule has 0 aliphatic heterocycles. The Morgan fingerprint density at radius 3 is 2.44 bits per heavy atom. The molecule has 0 unspecified atom stereocenters. The summed E-state index contributed by atoms with van der Waals surface area (Å²) in [5, 5.41) is 19.0. The van der Waals surface area contributed by atoms with Crippen LogP contribution in [0.3, 0.4) is 0 Å². The maximum Gasteiger partial charge on any atom is 0.433 e. The number of pyridine rings is 1. The molecule has 13 heteroatoms. The van der Waals surface area contributed by atoms with Gasteiger partial charge in [0.15, 0.2) is 17.3 Å². The summed E-state index contributed by atoms with van der Waals surface area (Å²) in [5.41, 5.74) is -1.63. The minimum Gasteiger partial charge on any atom is -0.318 e. The maximum atomic E-state index is 13.5. The number of hydrogen-bond acceptors (Lipinski definition) is 6. The van der Waals surface area contributed by atoms with Crippen LogP contribution in [0.2, 0.25) is 0 Å². The van der Waals surface area contributed by atoms with Crippen LogP contribution in [0.4, 0.5) is 17.6 Å². The van der Waals surface area contributed by atoms with Gasteiger partial charge in [0, 0.05) is 12.3 Å². The molecule has 1 aromatic carbocycles. The quantitative estimate of drug-likeness (QED) is 0.450. The molecular formula is C21H12F4N8O. The highest BCUT2D eigenvalue weighted by Crippen LogP contribution is 2.31. The first kappa shape index (κ1) is 22.3. The van der Waals surface area contributed by atoms with E-state index in [1.165, 1.54) is 23.0 Å². The lowest BCUT2D eigenvalue weighted by atomic mass is 10.3. The van der Waals surface area contributed by atoms with Crippen LogP contribution in [0.15, 0.2) is 61.6 Å². The van der Waals surface area contributed by atoms with Crippen molar-refractivity contribution in [1.82, 2.24) is 34.8 Å². The normalized spacial score (nSPS) is 11.1. The minimum atomic E-state index is -4.83. The van der Waals surface area contributed by atoms with Crippen molar-refractivity contribution in [2.24, 2.45) is 0 Å². The first-order valence-electron chi connectivity index (χ1n) is 9.38. The molecule has 170 valence electrons. The summed E-state index contributed by atoms with van der Waals surface area (Å²) in [5.74, 6) is -1.31. The van der Waals surface area contributed by atoms with Crippen LogP contribution in [0.25, 0.3) is 17.2 Å². The maximum absolute atomic E-state index is 13.5. The molecule has 4 aromatic rings. The molecule has 0 spiro atoms. The fourth-order valence-corrected chi connectivity index (χ4v) is 2.92. The van der Waals surface area contributed by atoms with Crippen molar-refractivity contribution in [3.8, 4) is 17.6 Å². The van der Waals surface area contributed by atoms with Crippen molar-refractivity contribution in [3.63, 3.8) is 0 Å². The molecule has 1 amide bonds. The zero-order valence-corrected chi connectivity index (χ0v) is 17.0. The van der Waals surface area contributed by atoms with Crippen molar-refractivity contribution in [2.75, 3.05) is 0 Å². The van der Waals surface area contributed by atoms with Gasteiger partial charge in [0.05, 0.1) is 16.9 Å². The Balaban J connectivity index is 1.61. The third kappa shape index (κ3) is 4.37. The van der Waals surface area contributed by atoms with E-state index in [-0.39, 0.29) is 23.0 Å². The molecule has 0 atom stereocenters. The van der Waals surface area contributed by atoms with Crippen LogP contribution in [-0.2, 0) is 6.18 Å².